The first-order valence-corrected chi connectivity index (χ1v) is 18.0. The number of rotatable bonds is 8. The molecule has 5 rings (SSSR count). The summed E-state index contributed by atoms with van der Waals surface area (Å²) in [5.74, 6) is 6.99. The van der Waals surface area contributed by atoms with Gasteiger partial charge in [-0.25, -0.2) is 0 Å². The number of nitrogens with two attached hydrogens (primary N) is 1. The third-order valence-electron chi connectivity index (χ3n) is 16.1. The number of hydrogen-bond donors (Lipinski definition) is 4. The molecule has 0 radical (unpaired) electrons. The van der Waals surface area contributed by atoms with Crippen molar-refractivity contribution in [2.24, 2.45) is 67.9 Å². The van der Waals surface area contributed by atoms with Gasteiger partial charge < -0.3 is 19.9 Å². The quantitative estimate of drug-likeness (QED) is 0.133. The lowest BCUT2D eigenvalue weighted by Gasteiger charge is -2.71. The SMILES string of the molecule is CN[C@@](C)(CO[C@H]1[C@H](NN)C[C@@]23COC[C@]1(C)[C@@H]2CC[C@H]1C3=CC[C@@]2(C)[C@H](C(=O)O)[C@@](C)([C@H](C)C(C)C)CC[C@]12C)C(C)(C)C. The van der Waals surface area contributed by atoms with Gasteiger partial charge in [0.2, 0.25) is 0 Å². The minimum atomic E-state index is -0.607. The van der Waals surface area contributed by atoms with Crippen molar-refractivity contribution >= 4 is 5.97 Å². The van der Waals surface area contributed by atoms with Gasteiger partial charge in [-0.3, -0.25) is 16.1 Å². The number of allylic oxidation sites excluding steroid dienone is 1. The first kappa shape index (κ1) is 35.3. The molecule has 2 bridgehead atoms. The highest BCUT2D eigenvalue weighted by Gasteiger charge is 2.71. The monoisotopic (exact) mass is 630 g/mol. The summed E-state index contributed by atoms with van der Waals surface area (Å²) in [6.07, 6.45) is 8.40. The van der Waals surface area contributed by atoms with Crippen LogP contribution >= 0.6 is 0 Å². The van der Waals surface area contributed by atoms with Gasteiger partial charge in [0.05, 0.1) is 31.8 Å². The third-order valence-corrected chi connectivity index (χ3v) is 16.1. The van der Waals surface area contributed by atoms with Gasteiger partial charge in [0, 0.05) is 22.4 Å². The zero-order chi connectivity index (χ0) is 33.6. The normalized spacial score (nSPS) is 46.7. The molecule has 7 nitrogen and oxygen atoms in total. The summed E-state index contributed by atoms with van der Waals surface area (Å²) in [5.41, 5.74) is 3.66. The fraction of sp³-hybridized carbons (Fsp3) is 0.921. The van der Waals surface area contributed by atoms with Crippen LogP contribution in [0, 0.1) is 62.1 Å². The molecule has 4 aliphatic carbocycles. The summed E-state index contributed by atoms with van der Waals surface area (Å²) in [6.45, 7) is 27.3. The van der Waals surface area contributed by atoms with Crippen LogP contribution in [0.25, 0.3) is 0 Å². The van der Waals surface area contributed by atoms with E-state index < -0.39 is 5.97 Å². The Hall–Kier alpha value is -0.990. The van der Waals surface area contributed by atoms with E-state index in [2.05, 4.69) is 93.0 Å². The van der Waals surface area contributed by atoms with Gasteiger partial charge in [-0.15, -0.1) is 0 Å². The van der Waals surface area contributed by atoms with E-state index in [1.165, 1.54) is 0 Å². The molecule has 0 unspecified atom stereocenters. The summed E-state index contributed by atoms with van der Waals surface area (Å²) >= 11 is 0. The number of fused-ring (bicyclic) bond motifs is 3. The highest BCUT2D eigenvalue weighted by Crippen LogP contribution is 2.74. The average Bonchev–Trinajstić information content (AvgIpc) is 2.95. The predicted octanol–water partition coefficient (Wildman–Crippen LogP) is 6.82. The Kier molecular flexibility index (Phi) is 8.86. The summed E-state index contributed by atoms with van der Waals surface area (Å²) < 4.78 is 13.6. The minimum absolute atomic E-state index is 0.00491. The summed E-state index contributed by atoms with van der Waals surface area (Å²) in [4.78, 5) is 13.4. The number of aliphatic carboxylic acids is 1. The molecule has 1 heterocycles. The highest BCUT2D eigenvalue weighted by molar-refractivity contribution is 5.73. The maximum atomic E-state index is 13.4. The predicted molar refractivity (Wildman–Crippen MR) is 181 cm³/mol. The second-order valence-electron chi connectivity index (χ2n) is 18.9. The Morgan fingerprint density at radius 3 is 2.31 bits per heavy atom. The maximum Gasteiger partial charge on any atom is 0.307 e. The van der Waals surface area contributed by atoms with E-state index >= 15 is 0 Å². The molecule has 5 aliphatic rings. The number of hydrazine groups is 1. The molecule has 0 spiro atoms. The Bertz CT molecular complexity index is 1180. The van der Waals surface area contributed by atoms with Gasteiger partial charge in [0.15, 0.2) is 0 Å². The van der Waals surface area contributed by atoms with Gasteiger partial charge in [-0.2, -0.15) is 0 Å². The van der Waals surface area contributed by atoms with Crippen molar-refractivity contribution in [3.8, 4) is 0 Å². The van der Waals surface area contributed by atoms with Crippen molar-refractivity contribution in [2.45, 2.75) is 132 Å². The molecule has 1 saturated heterocycles. The Morgan fingerprint density at radius 1 is 1.09 bits per heavy atom. The number of ether oxygens (including phenoxy) is 2. The molecule has 0 aromatic carbocycles. The van der Waals surface area contributed by atoms with Crippen molar-refractivity contribution in [1.82, 2.24) is 10.7 Å². The second-order valence-corrected chi connectivity index (χ2v) is 18.9. The lowest BCUT2D eigenvalue weighted by atomic mass is 9.34. The molecule has 0 aromatic heterocycles. The van der Waals surface area contributed by atoms with Gasteiger partial charge >= 0.3 is 5.97 Å². The molecule has 3 saturated carbocycles. The number of nitrogens with one attached hydrogen (secondary N) is 2. The van der Waals surface area contributed by atoms with Crippen LogP contribution in [-0.4, -0.2) is 55.6 Å². The zero-order valence-corrected chi connectivity index (χ0v) is 30.7. The molecule has 45 heavy (non-hydrogen) atoms. The molecule has 12 atom stereocenters. The average molecular weight is 630 g/mol. The van der Waals surface area contributed by atoms with Crippen molar-refractivity contribution in [1.29, 1.82) is 0 Å². The molecule has 5 N–H and O–H groups in total. The molecule has 258 valence electrons. The third kappa shape index (κ3) is 4.78. The number of carbonyl (C=O) groups is 1. The van der Waals surface area contributed by atoms with E-state index in [1.54, 1.807) is 5.57 Å². The van der Waals surface area contributed by atoms with Crippen LogP contribution < -0.4 is 16.6 Å². The summed E-state index contributed by atoms with van der Waals surface area (Å²) in [6, 6.07) is 0.00491. The van der Waals surface area contributed by atoms with Gasteiger partial charge in [0.1, 0.15) is 0 Å². The maximum absolute atomic E-state index is 13.4. The van der Waals surface area contributed by atoms with Gasteiger partial charge in [-0.05, 0) is 97.8 Å². The van der Waals surface area contributed by atoms with E-state index in [9.17, 15) is 9.90 Å². The summed E-state index contributed by atoms with van der Waals surface area (Å²) in [7, 11) is 2.03. The first-order chi connectivity index (χ1) is 20.7. The Balaban J connectivity index is 1.54. The van der Waals surface area contributed by atoms with Crippen LogP contribution in [0.2, 0.25) is 0 Å². The van der Waals surface area contributed by atoms with Crippen LogP contribution in [0.15, 0.2) is 11.6 Å². The van der Waals surface area contributed by atoms with Gasteiger partial charge in [-0.1, -0.05) is 80.9 Å². The number of carboxylic acid groups (broad SMARTS) is 1. The van der Waals surface area contributed by atoms with Crippen molar-refractivity contribution < 1.29 is 19.4 Å². The lowest BCUT2D eigenvalue weighted by Crippen LogP contribution is -2.72. The van der Waals surface area contributed by atoms with E-state index in [0.717, 1.165) is 38.5 Å². The van der Waals surface area contributed by atoms with Crippen LogP contribution in [0.4, 0.5) is 0 Å². The highest BCUT2D eigenvalue weighted by atomic mass is 16.5. The smallest absolute Gasteiger partial charge is 0.307 e. The molecule has 0 amide bonds. The molecule has 0 aromatic rings. The van der Waals surface area contributed by atoms with Crippen molar-refractivity contribution in [2.75, 3.05) is 26.9 Å². The van der Waals surface area contributed by atoms with Crippen molar-refractivity contribution in [3.63, 3.8) is 0 Å². The minimum Gasteiger partial charge on any atom is -0.481 e. The number of likely N-dealkylation sites (N-methyl/N-ethyl adjacent to an activating group) is 1. The van der Waals surface area contributed by atoms with E-state index in [-0.39, 0.29) is 56.1 Å². The van der Waals surface area contributed by atoms with E-state index in [1.807, 2.05) is 7.05 Å². The van der Waals surface area contributed by atoms with Crippen molar-refractivity contribution in [3.05, 3.63) is 11.6 Å². The molecular weight excluding hydrogens is 562 g/mol. The Labute approximate surface area is 274 Å². The molecule has 4 fully saturated rings. The number of carboxylic acids is 1. The van der Waals surface area contributed by atoms with Gasteiger partial charge in [0.25, 0.3) is 0 Å². The van der Waals surface area contributed by atoms with E-state index in [4.69, 9.17) is 15.3 Å². The fourth-order valence-electron chi connectivity index (χ4n) is 12.0. The zero-order valence-electron chi connectivity index (χ0n) is 30.7. The number of hydrogen-bond acceptors (Lipinski definition) is 6. The summed E-state index contributed by atoms with van der Waals surface area (Å²) in [5, 5.41) is 14.5. The standard InChI is InChI=1S/C38H67N3O4/c1-23(2)24(3)33(7)17-18-35(9)25-13-14-28-34(8)20-44-22-38(28,26(25)15-16-36(35,10)29(33)31(42)43)19-27(41-39)30(34)45-21-37(11,40-12)32(4,5)6/h15,23-25,27-30,40-41H,13-14,16-22,39H2,1-12H3,(H,42,43)/t24-,25+,27-,28+,29-,30+,33-,34-,35-,36+,37+,38+/m1/s1. The topological polar surface area (TPSA) is 106 Å². The van der Waals surface area contributed by atoms with Crippen LogP contribution in [-0.2, 0) is 14.3 Å². The van der Waals surface area contributed by atoms with E-state index in [0.29, 0.717) is 43.5 Å². The molecule has 7 heteroatoms. The fourth-order valence-corrected chi connectivity index (χ4v) is 12.0. The Morgan fingerprint density at radius 2 is 1.76 bits per heavy atom. The second kappa shape index (κ2) is 11.3. The van der Waals surface area contributed by atoms with Crippen LogP contribution in [0.3, 0.4) is 0 Å². The largest absolute Gasteiger partial charge is 0.481 e. The first-order valence-electron chi connectivity index (χ1n) is 18.0. The molecular formula is C38H67N3O4. The van der Waals surface area contributed by atoms with Crippen LogP contribution in [0.5, 0.6) is 0 Å². The lowest BCUT2D eigenvalue weighted by molar-refractivity contribution is -0.247. The van der Waals surface area contributed by atoms with Crippen LogP contribution in [0.1, 0.15) is 115 Å². The molecule has 1 aliphatic heterocycles.